The second-order valence-corrected chi connectivity index (χ2v) is 7.29. The Hall–Kier alpha value is -1.79. The lowest BCUT2D eigenvalue weighted by Gasteiger charge is -2.35. The van der Waals surface area contributed by atoms with E-state index in [1.165, 1.54) is 5.56 Å². The molecule has 5 nitrogen and oxygen atoms in total. The fourth-order valence-corrected chi connectivity index (χ4v) is 3.26. The third-order valence-corrected chi connectivity index (χ3v) is 5.36. The third kappa shape index (κ3) is 3.99. The SMILES string of the molecule is CSC(C)C(=O)N1CCN(Cc2cnn(-c3ccccc3)c2)CC1. The van der Waals surface area contributed by atoms with Gasteiger partial charge in [0.05, 0.1) is 17.1 Å². The summed E-state index contributed by atoms with van der Waals surface area (Å²) in [5.74, 6) is 0.263. The Morgan fingerprint density at radius 1 is 1.21 bits per heavy atom. The van der Waals surface area contributed by atoms with Gasteiger partial charge in [-0.15, -0.1) is 0 Å². The Kier molecular flexibility index (Phi) is 5.58. The van der Waals surface area contributed by atoms with Crippen molar-refractivity contribution in [3.8, 4) is 5.69 Å². The maximum Gasteiger partial charge on any atom is 0.235 e. The van der Waals surface area contributed by atoms with E-state index in [-0.39, 0.29) is 11.2 Å². The molecule has 0 bridgehead atoms. The molecule has 6 heteroatoms. The molecule has 1 saturated heterocycles. The molecule has 2 aromatic rings. The Bertz CT molecular complexity index is 665. The lowest BCUT2D eigenvalue weighted by Crippen LogP contribution is -2.50. The van der Waals surface area contributed by atoms with Crippen molar-refractivity contribution in [3.63, 3.8) is 0 Å². The molecule has 1 fully saturated rings. The van der Waals surface area contributed by atoms with Crippen molar-refractivity contribution in [3.05, 3.63) is 48.3 Å². The highest BCUT2D eigenvalue weighted by Crippen LogP contribution is 2.14. The molecule has 1 aliphatic rings. The van der Waals surface area contributed by atoms with E-state index in [1.54, 1.807) is 11.8 Å². The van der Waals surface area contributed by atoms with Crippen LogP contribution >= 0.6 is 11.8 Å². The minimum absolute atomic E-state index is 0.0562. The van der Waals surface area contributed by atoms with Crippen LogP contribution in [0, 0.1) is 0 Å². The molecule has 1 amide bonds. The number of aromatic nitrogens is 2. The van der Waals surface area contributed by atoms with E-state index in [0.717, 1.165) is 38.4 Å². The van der Waals surface area contributed by atoms with Crippen molar-refractivity contribution in [2.45, 2.75) is 18.7 Å². The minimum atomic E-state index is 0.0562. The van der Waals surface area contributed by atoms with Crippen molar-refractivity contribution in [1.82, 2.24) is 19.6 Å². The van der Waals surface area contributed by atoms with E-state index in [4.69, 9.17) is 0 Å². The van der Waals surface area contributed by atoms with Gasteiger partial charge in [0.15, 0.2) is 0 Å². The zero-order valence-corrected chi connectivity index (χ0v) is 15.1. The molecule has 1 atom stereocenters. The number of carbonyl (C=O) groups excluding carboxylic acids is 1. The van der Waals surface area contributed by atoms with E-state index < -0.39 is 0 Å². The second-order valence-electron chi connectivity index (χ2n) is 6.11. The molecule has 3 rings (SSSR count). The number of piperazine rings is 1. The molecule has 1 aliphatic heterocycles. The Morgan fingerprint density at radius 3 is 2.58 bits per heavy atom. The first-order chi connectivity index (χ1) is 11.7. The summed E-state index contributed by atoms with van der Waals surface area (Å²) < 4.78 is 1.91. The van der Waals surface area contributed by atoms with Crippen LogP contribution in [0.5, 0.6) is 0 Å². The van der Waals surface area contributed by atoms with Crippen LogP contribution in [-0.2, 0) is 11.3 Å². The number of thioether (sulfide) groups is 1. The van der Waals surface area contributed by atoms with Crippen LogP contribution in [-0.4, -0.2) is 63.2 Å². The highest BCUT2D eigenvalue weighted by atomic mass is 32.2. The Morgan fingerprint density at radius 2 is 1.92 bits per heavy atom. The highest BCUT2D eigenvalue weighted by molar-refractivity contribution is 7.99. The van der Waals surface area contributed by atoms with Gasteiger partial charge >= 0.3 is 0 Å². The zero-order chi connectivity index (χ0) is 16.9. The molecule has 0 spiro atoms. The lowest BCUT2D eigenvalue weighted by molar-refractivity contribution is -0.132. The van der Waals surface area contributed by atoms with E-state index in [1.807, 2.05) is 59.3 Å². The summed E-state index contributed by atoms with van der Waals surface area (Å²) in [5.41, 5.74) is 2.28. The molecular weight excluding hydrogens is 320 g/mol. The molecule has 0 saturated carbocycles. The fourth-order valence-electron chi connectivity index (χ4n) is 2.91. The lowest BCUT2D eigenvalue weighted by atomic mass is 10.2. The third-order valence-electron chi connectivity index (χ3n) is 4.45. The highest BCUT2D eigenvalue weighted by Gasteiger charge is 2.24. The summed E-state index contributed by atoms with van der Waals surface area (Å²) in [5, 5.41) is 4.51. The number of hydrogen-bond acceptors (Lipinski definition) is 4. The number of benzene rings is 1. The van der Waals surface area contributed by atoms with Gasteiger partial charge in [-0.3, -0.25) is 9.69 Å². The Labute approximate surface area is 147 Å². The first-order valence-corrected chi connectivity index (χ1v) is 9.59. The van der Waals surface area contributed by atoms with Gasteiger partial charge in [0, 0.05) is 44.5 Å². The molecule has 128 valence electrons. The molecule has 1 aromatic carbocycles. The summed E-state index contributed by atoms with van der Waals surface area (Å²) in [4.78, 5) is 16.6. The predicted octanol–water partition coefficient (Wildman–Crippen LogP) is 2.27. The maximum atomic E-state index is 12.2. The van der Waals surface area contributed by atoms with Crippen LogP contribution in [0.2, 0.25) is 0 Å². The number of rotatable bonds is 5. The summed E-state index contributed by atoms with van der Waals surface area (Å²) in [6.45, 7) is 6.34. The quantitative estimate of drug-likeness (QED) is 0.834. The van der Waals surface area contributed by atoms with Crippen LogP contribution < -0.4 is 0 Å². The molecule has 1 unspecified atom stereocenters. The van der Waals surface area contributed by atoms with Gasteiger partial charge in [0.2, 0.25) is 5.91 Å². The van der Waals surface area contributed by atoms with Crippen molar-refractivity contribution >= 4 is 17.7 Å². The fraction of sp³-hybridized carbons (Fsp3) is 0.444. The topological polar surface area (TPSA) is 41.4 Å². The summed E-state index contributed by atoms with van der Waals surface area (Å²) >= 11 is 1.61. The summed E-state index contributed by atoms with van der Waals surface area (Å²) in [6, 6.07) is 10.1. The summed E-state index contributed by atoms with van der Waals surface area (Å²) in [6.07, 6.45) is 6.01. The largest absolute Gasteiger partial charge is 0.339 e. The van der Waals surface area contributed by atoms with Crippen LogP contribution in [0.25, 0.3) is 5.69 Å². The summed E-state index contributed by atoms with van der Waals surface area (Å²) in [7, 11) is 0. The molecule has 0 N–H and O–H groups in total. The van der Waals surface area contributed by atoms with Crippen LogP contribution in [0.3, 0.4) is 0 Å². The van der Waals surface area contributed by atoms with E-state index in [9.17, 15) is 4.79 Å². The second kappa shape index (κ2) is 7.85. The van der Waals surface area contributed by atoms with Crippen molar-refractivity contribution in [1.29, 1.82) is 0 Å². The average molecular weight is 344 g/mol. The van der Waals surface area contributed by atoms with Gasteiger partial charge in [0.1, 0.15) is 0 Å². The number of hydrogen-bond donors (Lipinski definition) is 0. The molecule has 0 radical (unpaired) electrons. The van der Waals surface area contributed by atoms with Gasteiger partial charge in [-0.25, -0.2) is 4.68 Å². The van der Waals surface area contributed by atoms with Crippen LogP contribution in [0.4, 0.5) is 0 Å². The number of amides is 1. The standard InChI is InChI=1S/C18H24N4OS/c1-15(24-2)18(23)21-10-8-20(9-11-21)13-16-12-19-22(14-16)17-6-4-3-5-7-17/h3-7,12,14-15H,8-11,13H2,1-2H3. The van der Waals surface area contributed by atoms with Crippen molar-refractivity contribution in [2.24, 2.45) is 0 Å². The number of para-hydroxylation sites is 1. The predicted molar refractivity (Wildman–Crippen MR) is 98.4 cm³/mol. The van der Waals surface area contributed by atoms with Gasteiger partial charge in [-0.2, -0.15) is 16.9 Å². The van der Waals surface area contributed by atoms with E-state index in [2.05, 4.69) is 16.2 Å². The molecule has 2 heterocycles. The monoisotopic (exact) mass is 344 g/mol. The molecule has 24 heavy (non-hydrogen) atoms. The van der Waals surface area contributed by atoms with Crippen LogP contribution in [0.15, 0.2) is 42.7 Å². The van der Waals surface area contributed by atoms with Gasteiger partial charge in [0.25, 0.3) is 0 Å². The zero-order valence-electron chi connectivity index (χ0n) is 14.3. The van der Waals surface area contributed by atoms with Crippen molar-refractivity contribution < 1.29 is 4.79 Å². The maximum absolute atomic E-state index is 12.2. The molecule has 1 aromatic heterocycles. The van der Waals surface area contributed by atoms with Crippen molar-refractivity contribution in [2.75, 3.05) is 32.4 Å². The van der Waals surface area contributed by atoms with Gasteiger partial charge < -0.3 is 4.90 Å². The average Bonchev–Trinajstić information content (AvgIpc) is 3.10. The Balaban J connectivity index is 1.54. The van der Waals surface area contributed by atoms with Gasteiger partial charge in [-0.05, 0) is 25.3 Å². The van der Waals surface area contributed by atoms with E-state index in [0.29, 0.717) is 0 Å². The smallest absolute Gasteiger partial charge is 0.235 e. The van der Waals surface area contributed by atoms with Crippen LogP contribution in [0.1, 0.15) is 12.5 Å². The minimum Gasteiger partial charge on any atom is -0.339 e. The first-order valence-electron chi connectivity index (χ1n) is 8.30. The first kappa shape index (κ1) is 17.0. The molecular formula is C18H24N4OS. The number of nitrogens with zero attached hydrogens (tertiary/aromatic N) is 4. The normalized spacial score (nSPS) is 17.0. The number of carbonyl (C=O) groups is 1. The van der Waals surface area contributed by atoms with Gasteiger partial charge in [-0.1, -0.05) is 18.2 Å². The molecule has 0 aliphatic carbocycles. The van der Waals surface area contributed by atoms with E-state index >= 15 is 0 Å².